The van der Waals surface area contributed by atoms with Crippen LogP contribution in [0.2, 0.25) is 58.9 Å². The Kier molecular flexibility index (Phi) is 7.56. The molecule has 0 rings (SSSR count). The van der Waals surface area contributed by atoms with Gasteiger partial charge in [0, 0.05) is 6.92 Å². The van der Waals surface area contributed by atoms with E-state index in [1.807, 2.05) is 0 Å². The largest absolute Gasteiger partial charge is 0.416 e. The van der Waals surface area contributed by atoms with Gasteiger partial charge in [-0.05, 0) is 25.1 Å². The van der Waals surface area contributed by atoms with Gasteiger partial charge in [-0.15, -0.1) is 0 Å². The van der Waals surface area contributed by atoms with Crippen molar-refractivity contribution in [1.82, 2.24) is 10.5 Å². The van der Waals surface area contributed by atoms with Gasteiger partial charge in [-0.3, -0.25) is 15.3 Å². The summed E-state index contributed by atoms with van der Waals surface area (Å²) in [6, 6.07) is 0. The van der Waals surface area contributed by atoms with Crippen LogP contribution in [0.15, 0.2) is 0 Å². The summed E-state index contributed by atoms with van der Waals surface area (Å²) < 4.78 is 6.91. The normalized spacial score (nSPS) is 16.0. The number of carbonyl (C=O) groups excluding carboxylic acids is 1. The lowest BCUT2D eigenvalue weighted by atomic mass is 9.98. The molecule has 0 aromatic carbocycles. The molecule has 0 radical (unpaired) electrons. The van der Waals surface area contributed by atoms with Crippen molar-refractivity contribution >= 4 is 36.7 Å². The van der Waals surface area contributed by atoms with Crippen LogP contribution in [0.4, 0.5) is 0 Å². The molecule has 24 heavy (non-hydrogen) atoms. The fraction of sp³-hybridized carbons (Fsp3) is 0.938. The predicted molar refractivity (Wildman–Crippen MR) is 117 cm³/mol. The maximum atomic E-state index is 11.7. The first-order chi connectivity index (χ1) is 10.3. The molecule has 0 saturated carbocycles. The molecule has 1 atom stereocenters. The van der Waals surface area contributed by atoms with Crippen LogP contribution in [0.1, 0.15) is 27.7 Å². The number of carbonyl (C=O) groups is 1. The van der Waals surface area contributed by atoms with E-state index in [0.29, 0.717) is 0 Å². The van der Waals surface area contributed by atoms with Crippen LogP contribution in [0, 0.1) is 5.41 Å². The molecule has 0 bridgehead atoms. The zero-order valence-electron chi connectivity index (χ0n) is 18.4. The monoisotopic (exact) mass is 406 g/mol. The molecule has 0 aromatic rings. The minimum absolute atomic E-state index is 0.0102. The summed E-state index contributed by atoms with van der Waals surface area (Å²) in [6.07, 6.45) is 0. The third-order valence-corrected chi connectivity index (χ3v) is 42.7. The van der Waals surface area contributed by atoms with E-state index in [1.54, 1.807) is 6.92 Å². The van der Waals surface area contributed by atoms with Gasteiger partial charge in [0.2, 0.25) is 5.91 Å². The minimum Gasteiger partial charge on any atom is -0.416 e. The van der Waals surface area contributed by atoms with E-state index in [4.69, 9.17) is 4.43 Å². The second-order valence-corrected chi connectivity index (χ2v) is 42.2. The fourth-order valence-corrected chi connectivity index (χ4v) is 51.0. The predicted octanol–water partition coefficient (Wildman–Crippen LogP) is 4.21. The highest BCUT2D eigenvalue weighted by Gasteiger charge is 2.63. The zero-order valence-corrected chi connectivity index (χ0v) is 22.4. The van der Waals surface area contributed by atoms with Crippen molar-refractivity contribution in [2.75, 3.05) is 0 Å². The van der Waals surface area contributed by atoms with Gasteiger partial charge >= 0.3 is 0 Å². The molecular formula is C16H42N2O2Si4. The smallest absolute Gasteiger partial charge is 0.230 e. The molecule has 0 aliphatic rings. The van der Waals surface area contributed by atoms with Crippen LogP contribution in [0.25, 0.3) is 0 Å². The molecule has 144 valence electrons. The van der Waals surface area contributed by atoms with E-state index < -0.39 is 30.8 Å². The van der Waals surface area contributed by atoms with Crippen molar-refractivity contribution in [3.05, 3.63) is 0 Å². The summed E-state index contributed by atoms with van der Waals surface area (Å²) in [6.45, 7) is 30.1. The number of hydrazine groups is 1. The summed E-state index contributed by atoms with van der Waals surface area (Å²) in [5, 5.41) is 3.70. The molecule has 0 aromatic heterocycles. The topological polar surface area (TPSA) is 50.4 Å². The lowest BCUT2D eigenvalue weighted by Gasteiger charge is -2.58. The Morgan fingerprint density at radius 2 is 1.25 bits per heavy atom. The molecule has 4 nitrogen and oxygen atoms in total. The molecule has 0 heterocycles. The van der Waals surface area contributed by atoms with Crippen LogP contribution in [0.3, 0.4) is 0 Å². The molecule has 0 aliphatic heterocycles. The second-order valence-electron chi connectivity index (χ2n) is 11.1. The maximum absolute atomic E-state index is 11.7. The van der Waals surface area contributed by atoms with Crippen molar-refractivity contribution in [2.45, 2.75) is 92.3 Å². The molecule has 8 heteroatoms. The molecule has 0 aliphatic carbocycles. The summed E-state index contributed by atoms with van der Waals surface area (Å²) >= 11 is 0. The van der Waals surface area contributed by atoms with Crippen LogP contribution >= 0.6 is 0 Å². The second kappa shape index (κ2) is 7.48. The van der Waals surface area contributed by atoms with Crippen LogP contribution in [-0.4, -0.2) is 42.4 Å². The van der Waals surface area contributed by atoms with Gasteiger partial charge in [0.15, 0.2) is 15.6 Å². The third kappa shape index (κ3) is 5.91. The molecular weight excluding hydrogens is 365 g/mol. The average molecular weight is 407 g/mol. The standard InChI is InChI=1S/C16H42N2O2Si4/c1-14(19)17-18-24(22(8,9)10,23(11,12)13)15(16(2,3)4)20-21(5,6)7/h15,18H,1-13H3,(H,17,19). The van der Waals surface area contributed by atoms with Crippen molar-refractivity contribution in [3.63, 3.8) is 0 Å². The van der Waals surface area contributed by atoms with Gasteiger partial charge in [0.1, 0.15) is 0 Å². The molecule has 1 unspecified atom stereocenters. The minimum atomic E-state index is -2.13. The van der Waals surface area contributed by atoms with Crippen molar-refractivity contribution in [3.8, 4) is 0 Å². The van der Waals surface area contributed by atoms with Crippen molar-refractivity contribution in [1.29, 1.82) is 0 Å². The highest BCUT2D eigenvalue weighted by atomic mass is 29.6. The average Bonchev–Trinajstić information content (AvgIpc) is 2.20. The zero-order chi connectivity index (χ0) is 19.8. The van der Waals surface area contributed by atoms with Gasteiger partial charge < -0.3 is 4.43 Å². The highest BCUT2D eigenvalue weighted by Crippen LogP contribution is 2.40. The van der Waals surface area contributed by atoms with E-state index in [2.05, 4.69) is 90.2 Å². The fourth-order valence-electron chi connectivity index (χ4n) is 3.81. The van der Waals surface area contributed by atoms with Crippen molar-refractivity contribution < 1.29 is 9.22 Å². The lowest BCUT2D eigenvalue weighted by Crippen LogP contribution is -2.89. The Morgan fingerprint density at radius 3 is 1.46 bits per heavy atom. The SMILES string of the molecule is CC(=O)NN[Si](C(O[Si](C)(C)C)C(C)(C)C)([Si](C)(C)C)[Si](C)(C)C. The Morgan fingerprint density at radius 1 is 0.875 bits per heavy atom. The summed E-state index contributed by atoms with van der Waals surface area (Å²) in [5.74, 6) is -0.0102. The Hall–Kier alpha value is 0.258. The first-order valence-electron chi connectivity index (χ1n) is 8.97. The third-order valence-electron chi connectivity index (χ3n) is 4.45. The first-order valence-corrected chi connectivity index (χ1v) is 23.5. The summed E-state index contributed by atoms with van der Waals surface area (Å²) in [5.41, 5.74) is 3.25. The van der Waals surface area contributed by atoms with Crippen LogP contribution < -0.4 is 10.5 Å². The molecule has 2 N–H and O–H groups in total. The quantitative estimate of drug-likeness (QED) is 0.492. The van der Waals surface area contributed by atoms with E-state index in [9.17, 15) is 4.79 Å². The Bertz CT molecular complexity index is 429. The van der Waals surface area contributed by atoms with Crippen molar-refractivity contribution in [2.24, 2.45) is 5.41 Å². The van der Waals surface area contributed by atoms with Gasteiger partial charge in [0.05, 0.1) is 20.9 Å². The maximum Gasteiger partial charge on any atom is 0.230 e. The van der Waals surface area contributed by atoms with E-state index >= 15 is 0 Å². The molecule has 0 saturated heterocycles. The summed E-state index contributed by atoms with van der Waals surface area (Å²) in [4.78, 5) is 11.7. The number of rotatable bonds is 7. The van der Waals surface area contributed by atoms with Gasteiger partial charge in [-0.2, -0.15) is 0 Å². The van der Waals surface area contributed by atoms with Gasteiger partial charge in [0.25, 0.3) is 0 Å². The molecule has 1 amide bonds. The van der Waals surface area contributed by atoms with Gasteiger partial charge in [-0.1, -0.05) is 60.1 Å². The van der Waals surface area contributed by atoms with E-state index in [-0.39, 0.29) is 17.0 Å². The highest BCUT2D eigenvalue weighted by molar-refractivity contribution is 7.68. The summed E-state index contributed by atoms with van der Waals surface area (Å²) in [7, 11) is -7.13. The number of hydrogen-bond acceptors (Lipinski definition) is 3. The lowest BCUT2D eigenvalue weighted by molar-refractivity contribution is -0.119. The molecule has 0 fully saturated rings. The Balaban J connectivity index is 6.53. The van der Waals surface area contributed by atoms with E-state index in [0.717, 1.165) is 0 Å². The number of nitrogens with one attached hydrogen (secondary N) is 2. The number of amides is 1. The number of hydrogen-bond donors (Lipinski definition) is 2. The molecule has 0 spiro atoms. The van der Waals surface area contributed by atoms with Crippen LogP contribution in [0.5, 0.6) is 0 Å². The Labute approximate surface area is 154 Å². The van der Waals surface area contributed by atoms with E-state index in [1.165, 1.54) is 0 Å². The van der Waals surface area contributed by atoms with Crippen LogP contribution in [-0.2, 0) is 9.22 Å². The first kappa shape index (κ1) is 24.3. The van der Waals surface area contributed by atoms with Gasteiger partial charge in [-0.25, -0.2) is 0 Å².